The van der Waals surface area contributed by atoms with Crippen LogP contribution in [0, 0.1) is 5.92 Å². The van der Waals surface area contributed by atoms with Crippen LogP contribution >= 0.6 is 11.6 Å². The van der Waals surface area contributed by atoms with E-state index in [4.69, 9.17) is 17.3 Å². The molecule has 16 heteroatoms. The van der Waals surface area contributed by atoms with E-state index < -0.39 is 35.9 Å². The number of nitrogens with zero attached hydrogens (tertiary/aromatic N) is 5. The Morgan fingerprint density at radius 2 is 1.93 bits per heavy atom. The minimum absolute atomic E-state index is 0.112. The highest BCUT2D eigenvalue weighted by atomic mass is 35.5. The van der Waals surface area contributed by atoms with Crippen LogP contribution in [0.25, 0.3) is 22.5 Å². The van der Waals surface area contributed by atoms with Gasteiger partial charge in [-0.25, -0.2) is 9.67 Å². The summed E-state index contributed by atoms with van der Waals surface area (Å²) in [7, 11) is 0. The lowest BCUT2D eigenvalue weighted by Gasteiger charge is -2.22. The van der Waals surface area contributed by atoms with E-state index in [1.165, 1.54) is 41.4 Å². The van der Waals surface area contributed by atoms with Crippen molar-refractivity contribution in [3.05, 3.63) is 88.1 Å². The number of nitrogens with two attached hydrogens (primary N) is 1. The number of pyridine rings is 1. The normalized spacial score (nSPS) is 17.7. The zero-order valence-electron chi connectivity index (χ0n) is 23.5. The number of fused-ring (bicyclic) bond motifs is 4. The lowest BCUT2D eigenvalue weighted by molar-refractivity contribution is -0.119. The molecule has 4 aromatic rings. The zero-order valence-corrected chi connectivity index (χ0v) is 24.3. The van der Waals surface area contributed by atoms with E-state index in [1.807, 2.05) is 0 Å². The van der Waals surface area contributed by atoms with Gasteiger partial charge in [0, 0.05) is 46.2 Å². The van der Waals surface area contributed by atoms with E-state index in [-0.39, 0.29) is 39.3 Å². The van der Waals surface area contributed by atoms with Gasteiger partial charge in [0.2, 0.25) is 5.91 Å². The number of hydrogen-bond donors (Lipinski definition) is 3. The number of carbonyl (C=O) groups excluding carboxylic acids is 1. The summed E-state index contributed by atoms with van der Waals surface area (Å²) in [5.41, 5.74) is 4.83. The van der Waals surface area contributed by atoms with Crippen LogP contribution in [0.4, 0.5) is 33.3 Å². The molecule has 3 aromatic heterocycles. The van der Waals surface area contributed by atoms with Gasteiger partial charge in [0.15, 0.2) is 0 Å². The lowest BCUT2D eigenvalue weighted by atomic mass is 9.97. The van der Waals surface area contributed by atoms with Crippen LogP contribution in [0.2, 0.25) is 5.02 Å². The SMILES string of the molecule is CC1CCCC(n2cnc(-c3cc(Cl)ccc3N/C=C(\N)C(F)(F)F)cc2=O)c2cc(ccn2)-c2nn(C(F)F)cc2NC1=O. The molecule has 0 saturated heterocycles. The van der Waals surface area contributed by atoms with Crippen LogP contribution in [0.5, 0.6) is 0 Å². The Kier molecular flexibility index (Phi) is 8.91. The highest BCUT2D eigenvalue weighted by molar-refractivity contribution is 6.31. The minimum atomic E-state index is -4.75. The summed E-state index contributed by atoms with van der Waals surface area (Å²) in [6, 6.07) is 8.03. The molecule has 2 unspecified atom stereocenters. The van der Waals surface area contributed by atoms with Crippen molar-refractivity contribution < 1.29 is 26.7 Å². The third-order valence-corrected chi connectivity index (χ3v) is 7.52. The first kappa shape index (κ1) is 31.6. The number of alkyl halides is 5. The molecule has 4 N–H and O–H groups in total. The van der Waals surface area contributed by atoms with Crippen LogP contribution in [0.15, 0.2) is 71.8 Å². The molecule has 1 aliphatic heterocycles. The number of rotatable bonds is 5. The molecule has 0 saturated carbocycles. The van der Waals surface area contributed by atoms with Crippen molar-refractivity contribution in [3.8, 4) is 22.5 Å². The average Bonchev–Trinajstić information content (AvgIpc) is 3.42. The third kappa shape index (κ3) is 6.98. The molecule has 0 spiro atoms. The molecular weight excluding hydrogens is 623 g/mol. The van der Waals surface area contributed by atoms with Gasteiger partial charge in [-0.2, -0.15) is 27.1 Å². The van der Waals surface area contributed by atoms with E-state index in [0.29, 0.717) is 41.4 Å². The summed E-state index contributed by atoms with van der Waals surface area (Å²) in [6.45, 7) is -1.23. The lowest BCUT2D eigenvalue weighted by Crippen LogP contribution is -2.27. The fourth-order valence-corrected chi connectivity index (χ4v) is 5.06. The van der Waals surface area contributed by atoms with Crippen LogP contribution < -0.4 is 21.9 Å². The Hall–Kier alpha value is -4.79. The van der Waals surface area contributed by atoms with Gasteiger partial charge in [0.25, 0.3) is 5.56 Å². The van der Waals surface area contributed by atoms with E-state index in [2.05, 4.69) is 25.7 Å². The second-order valence-electron chi connectivity index (χ2n) is 10.4. The summed E-state index contributed by atoms with van der Waals surface area (Å²) < 4.78 is 67.6. The van der Waals surface area contributed by atoms with Crippen molar-refractivity contribution in [2.24, 2.45) is 11.7 Å². The number of nitrogens with one attached hydrogen (secondary N) is 2. The molecular formula is C29H26ClF5N8O2. The molecule has 0 aliphatic carbocycles. The first-order valence-corrected chi connectivity index (χ1v) is 14.0. The second kappa shape index (κ2) is 12.7. The molecule has 236 valence electrons. The van der Waals surface area contributed by atoms with Gasteiger partial charge in [-0.15, -0.1) is 0 Å². The van der Waals surface area contributed by atoms with Gasteiger partial charge in [-0.3, -0.25) is 19.1 Å². The monoisotopic (exact) mass is 648 g/mol. The summed E-state index contributed by atoms with van der Waals surface area (Å²) in [5, 5.41) is 9.42. The highest BCUT2D eigenvalue weighted by Gasteiger charge is 2.31. The van der Waals surface area contributed by atoms with Gasteiger partial charge in [-0.1, -0.05) is 24.9 Å². The topological polar surface area (TPSA) is 133 Å². The molecule has 2 atom stereocenters. The van der Waals surface area contributed by atoms with Crippen molar-refractivity contribution in [3.63, 3.8) is 0 Å². The van der Waals surface area contributed by atoms with Crippen LogP contribution in [0.1, 0.15) is 44.5 Å². The van der Waals surface area contributed by atoms with Crippen molar-refractivity contribution in [2.45, 2.75) is 45.0 Å². The van der Waals surface area contributed by atoms with Crippen LogP contribution in [-0.2, 0) is 4.79 Å². The maximum absolute atomic E-state index is 13.6. The fraction of sp³-hybridized carbons (Fsp3) is 0.276. The number of benzene rings is 1. The molecule has 1 amide bonds. The Morgan fingerprint density at radius 3 is 2.64 bits per heavy atom. The Labute approximate surface area is 257 Å². The number of anilines is 2. The van der Waals surface area contributed by atoms with Crippen molar-refractivity contribution in [2.75, 3.05) is 10.6 Å². The fourth-order valence-electron chi connectivity index (χ4n) is 4.89. The van der Waals surface area contributed by atoms with E-state index in [0.717, 1.165) is 6.20 Å². The molecule has 45 heavy (non-hydrogen) atoms. The zero-order chi connectivity index (χ0) is 32.5. The molecule has 0 fully saturated rings. The Bertz CT molecular complexity index is 1820. The van der Waals surface area contributed by atoms with E-state index in [1.54, 1.807) is 19.1 Å². The molecule has 1 aromatic carbocycles. The summed E-state index contributed by atoms with van der Waals surface area (Å²) in [6.07, 6.45) is 0.949. The first-order valence-electron chi connectivity index (χ1n) is 13.6. The number of allylic oxidation sites excluding steroid dienone is 1. The molecule has 2 bridgehead atoms. The maximum atomic E-state index is 13.6. The predicted molar refractivity (Wildman–Crippen MR) is 157 cm³/mol. The molecule has 5 rings (SSSR count). The van der Waals surface area contributed by atoms with E-state index in [9.17, 15) is 31.5 Å². The summed E-state index contributed by atoms with van der Waals surface area (Å²) in [5.74, 6) is -0.844. The smallest absolute Gasteiger partial charge is 0.394 e. The molecule has 1 aliphatic rings. The average molecular weight is 649 g/mol. The van der Waals surface area contributed by atoms with Crippen molar-refractivity contribution in [1.29, 1.82) is 0 Å². The van der Waals surface area contributed by atoms with Crippen LogP contribution in [0.3, 0.4) is 0 Å². The van der Waals surface area contributed by atoms with Gasteiger partial charge < -0.3 is 16.4 Å². The van der Waals surface area contributed by atoms with Crippen molar-refractivity contribution >= 4 is 28.9 Å². The number of hydrogen-bond acceptors (Lipinski definition) is 7. The van der Waals surface area contributed by atoms with Gasteiger partial charge in [-0.05, 0) is 43.2 Å². The first-order chi connectivity index (χ1) is 21.3. The van der Waals surface area contributed by atoms with Gasteiger partial charge in [0.1, 0.15) is 11.4 Å². The summed E-state index contributed by atoms with van der Waals surface area (Å²) >= 11 is 6.15. The Balaban J connectivity index is 1.56. The summed E-state index contributed by atoms with van der Waals surface area (Å²) in [4.78, 5) is 35.3. The number of halogens is 6. The molecule has 10 nitrogen and oxygen atoms in total. The van der Waals surface area contributed by atoms with Gasteiger partial charge >= 0.3 is 12.7 Å². The third-order valence-electron chi connectivity index (χ3n) is 7.29. The number of aromatic nitrogens is 5. The quantitative estimate of drug-likeness (QED) is 0.215. The largest absolute Gasteiger partial charge is 0.432 e. The van der Waals surface area contributed by atoms with Crippen molar-refractivity contribution in [1.82, 2.24) is 24.3 Å². The highest BCUT2D eigenvalue weighted by Crippen LogP contribution is 2.34. The van der Waals surface area contributed by atoms with Crippen LogP contribution in [-0.4, -0.2) is 36.4 Å². The standard InChI is InChI=1S/C29H26ClF5N8O2/c1-15-3-2-4-23(21-9-16(7-8-37-21)26-22(40-27(15)45)13-43(41-26)28(31)32)42-14-39-20(11-25(42)44)18-10-17(30)5-6-19(18)38-12-24(36)29(33,34)35/h5-15,23,28,38H,2-4,36H2,1H3,(H,40,45)/b24-12-. The maximum Gasteiger partial charge on any atom is 0.432 e. The number of amides is 1. The minimum Gasteiger partial charge on any atom is -0.394 e. The van der Waals surface area contributed by atoms with E-state index >= 15 is 0 Å². The predicted octanol–water partition coefficient (Wildman–Crippen LogP) is 6.34. The Morgan fingerprint density at radius 1 is 1.16 bits per heavy atom. The second-order valence-corrected chi connectivity index (χ2v) is 10.8. The number of carbonyl (C=O) groups is 1. The van der Waals surface area contributed by atoms with Gasteiger partial charge in [0.05, 0.1) is 35.6 Å². The molecule has 4 heterocycles. The molecule has 0 radical (unpaired) electrons.